The summed E-state index contributed by atoms with van der Waals surface area (Å²) < 4.78 is 11.6. The van der Waals surface area contributed by atoms with Crippen LogP contribution >= 0.6 is 11.8 Å². The molecular formula is C20H23N7O4S. The summed E-state index contributed by atoms with van der Waals surface area (Å²) in [5, 5.41) is 24.8. The van der Waals surface area contributed by atoms with Crippen LogP contribution in [0.25, 0.3) is 0 Å². The highest BCUT2D eigenvalue weighted by atomic mass is 32.2. The summed E-state index contributed by atoms with van der Waals surface area (Å²) in [4.78, 5) is 12.2. The number of thioether (sulfide) groups is 1. The average Bonchev–Trinajstić information content (AvgIpc) is 3.13. The number of anilines is 2. The van der Waals surface area contributed by atoms with Gasteiger partial charge in [0.1, 0.15) is 5.75 Å². The van der Waals surface area contributed by atoms with Crippen molar-refractivity contribution in [2.24, 2.45) is 5.10 Å². The number of hydrazone groups is 1. The lowest BCUT2D eigenvalue weighted by Gasteiger charge is -2.07. The fraction of sp³-hybridized carbons (Fsp3) is 0.200. The summed E-state index contributed by atoms with van der Waals surface area (Å²) in [7, 11) is 1.47. The van der Waals surface area contributed by atoms with E-state index >= 15 is 0 Å². The predicted molar refractivity (Wildman–Crippen MR) is 123 cm³/mol. The Hall–Kier alpha value is -3.93. The Morgan fingerprint density at radius 2 is 2.06 bits per heavy atom. The van der Waals surface area contributed by atoms with Gasteiger partial charge in [-0.15, -0.1) is 10.2 Å². The zero-order valence-electron chi connectivity index (χ0n) is 17.5. The number of phenolic OH excluding ortho intramolecular Hbond substituents is 1. The van der Waals surface area contributed by atoms with Crippen LogP contribution in [0.5, 0.6) is 17.2 Å². The number of nitrogens with zero attached hydrogens (tertiary/aromatic N) is 4. The number of carbonyl (C=O) groups excluding carboxylic acids is 1. The van der Waals surface area contributed by atoms with Crippen molar-refractivity contribution in [1.82, 2.24) is 14.9 Å². The van der Waals surface area contributed by atoms with Crippen molar-refractivity contribution >= 4 is 35.5 Å². The van der Waals surface area contributed by atoms with Crippen LogP contribution in [0.4, 0.5) is 11.6 Å². The molecule has 5 N–H and O–H groups in total. The number of rotatable bonds is 10. The van der Waals surface area contributed by atoms with Gasteiger partial charge < -0.3 is 25.7 Å². The monoisotopic (exact) mass is 457 g/mol. The number of aromatic nitrogens is 3. The number of ether oxygens (including phenoxy) is 2. The molecule has 3 rings (SSSR count). The molecule has 168 valence electrons. The van der Waals surface area contributed by atoms with Gasteiger partial charge in [0.15, 0.2) is 11.5 Å². The van der Waals surface area contributed by atoms with Gasteiger partial charge >= 0.3 is 0 Å². The lowest BCUT2D eigenvalue weighted by molar-refractivity contribution is -0.113. The first-order valence-electron chi connectivity index (χ1n) is 9.52. The van der Waals surface area contributed by atoms with Gasteiger partial charge in [0.25, 0.3) is 5.95 Å². The molecule has 0 aliphatic carbocycles. The summed E-state index contributed by atoms with van der Waals surface area (Å²) in [6.45, 7) is 2.48. The van der Waals surface area contributed by atoms with Gasteiger partial charge in [-0.25, -0.2) is 10.1 Å². The Morgan fingerprint density at radius 3 is 2.75 bits per heavy atom. The molecule has 0 bridgehead atoms. The molecule has 1 aromatic heterocycles. The van der Waals surface area contributed by atoms with E-state index in [0.717, 1.165) is 17.5 Å². The normalized spacial score (nSPS) is 10.8. The molecule has 1 heterocycles. The third-order valence-corrected chi connectivity index (χ3v) is 4.97. The molecule has 11 nitrogen and oxygen atoms in total. The molecule has 0 aliphatic rings. The number of hydrogen-bond donors (Lipinski definition) is 4. The molecule has 32 heavy (non-hydrogen) atoms. The second kappa shape index (κ2) is 10.9. The van der Waals surface area contributed by atoms with Crippen molar-refractivity contribution in [2.45, 2.75) is 12.1 Å². The first-order chi connectivity index (χ1) is 15.5. The van der Waals surface area contributed by atoms with Crippen molar-refractivity contribution in [2.75, 3.05) is 36.1 Å². The summed E-state index contributed by atoms with van der Waals surface area (Å²) >= 11 is 1.13. The molecule has 0 atom stereocenters. The molecule has 3 aromatic rings. The number of hydrogen-bond acceptors (Lipinski definition) is 10. The van der Waals surface area contributed by atoms with E-state index in [-0.39, 0.29) is 23.4 Å². The molecule has 1 amide bonds. The molecule has 2 aromatic carbocycles. The second-order valence-corrected chi connectivity index (χ2v) is 7.21. The van der Waals surface area contributed by atoms with Crippen LogP contribution in [0.2, 0.25) is 0 Å². The lowest BCUT2D eigenvalue weighted by atomic mass is 10.2. The molecule has 0 radical (unpaired) electrons. The van der Waals surface area contributed by atoms with Crippen molar-refractivity contribution < 1.29 is 19.4 Å². The molecular weight excluding hydrogens is 434 g/mol. The Balaban J connectivity index is 1.50. The standard InChI is InChI=1S/C20H23N7O4S/c1-3-31-15-7-5-14(6-8-15)23-18(29)12-32-20-26-25-19(27(20)21)24-22-11-13-4-9-17(30-2)16(28)10-13/h4-11,28H,3,12,21H2,1-2H3,(H,23,29)(H,24,25)/b22-11+. The van der Waals surface area contributed by atoms with Crippen LogP contribution < -0.4 is 26.1 Å². The molecule has 0 spiro atoms. The molecule has 0 fully saturated rings. The largest absolute Gasteiger partial charge is 0.504 e. The van der Waals surface area contributed by atoms with Crippen LogP contribution in [0, 0.1) is 0 Å². The lowest BCUT2D eigenvalue weighted by Crippen LogP contribution is -2.16. The van der Waals surface area contributed by atoms with E-state index in [0.29, 0.717) is 28.8 Å². The summed E-state index contributed by atoms with van der Waals surface area (Å²) in [5.74, 6) is 7.13. The minimum atomic E-state index is -0.214. The van der Waals surface area contributed by atoms with Crippen molar-refractivity contribution in [3.8, 4) is 17.2 Å². The smallest absolute Gasteiger partial charge is 0.264 e. The van der Waals surface area contributed by atoms with Crippen molar-refractivity contribution in [3.63, 3.8) is 0 Å². The SMILES string of the molecule is CCOc1ccc(NC(=O)CSc2nnc(N/N=C/c3ccc(OC)c(O)c3)n2N)cc1. The number of amides is 1. The highest BCUT2D eigenvalue weighted by Gasteiger charge is 2.12. The van der Waals surface area contributed by atoms with Crippen molar-refractivity contribution in [3.05, 3.63) is 48.0 Å². The third kappa shape index (κ3) is 6.04. The van der Waals surface area contributed by atoms with E-state index in [9.17, 15) is 9.90 Å². The van der Waals surface area contributed by atoms with E-state index in [1.165, 1.54) is 24.1 Å². The summed E-state index contributed by atoms with van der Waals surface area (Å²) in [6.07, 6.45) is 1.48. The Kier molecular flexibility index (Phi) is 7.75. The Labute approximate surface area is 188 Å². The number of methoxy groups -OCH3 is 1. The number of nitrogen functional groups attached to an aromatic ring is 1. The Bertz CT molecular complexity index is 1090. The molecule has 0 saturated heterocycles. The number of nitrogens with two attached hydrogens (primary N) is 1. The zero-order valence-corrected chi connectivity index (χ0v) is 18.3. The van der Waals surface area contributed by atoms with E-state index in [1.54, 1.807) is 36.4 Å². The fourth-order valence-electron chi connectivity index (χ4n) is 2.53. The van der Waals surface area contributed by atoms with E-state index in [1.807, 2.05) is 6.92 Å². The topological polar surface area (TPSA) is 149 Å². The third-order valence-electron chi connectivity index (χ3n) is 4.03. The second-order valence-electron chi connectivity index (χ2n) is 6.27. The number of benzene rings is 2. The molecule has 0 unspecified atom stereocenters. The minimum Gasteiger partial charge on any atom is -0.504 e. The maximum absolute atomic E-state index is 12.2. The molecule has 0 saturated carbocycles. The number of phenols is 1. The van der Waals surface area contributed by atoms with E-state index in [2.05, 4.69) is 26.0 Å². The van der Waals surface area contributed by atoms with Gasteiger partial charge in [-0.05, 0) is 55.0 Å². The van der Waals surface area contributed by atoms with Crippen LogP contribution in [-0.4, -0.2) is 51.6 Å². The van der Waals surface area contributed by atoms with Gasteiger partial charge in [-0.1, -0.05) is 11.8 Å². The van der Waals surface area contributed by atoms with Crippen molar-refractivity contribution in [1.29, 1.82) is 0 Å². The van der Waals surface area contributed by atoms with Crippen LogP contribution in [0.1, 0.15) is 12.5 Å². The number of carbonyl (C=O) groups is 1. The van der Waals surface area contributed by atoms with Crippen LogP contribution in [0.3, 0.4) is 0 Å². The fourth-order valence-corrected chi connectivity index (χ4v) is 3.19. The van der Waals surface area contributed by atoms with Crippen LogP contribution in [-0.2, 0) is 4.79 Å². The predicted octanol–water partition coefficient (Wildman–Crippen LogP) is 2.28. The summed E-state index contributed by atoms with van der Waals surface area (Å²) in [5.41, 5.74) is 3.97. The molecule has 0 aliphatic heterocycles. The number of aromatic hydroxyl groups is 1. The van der Waals surface area contributed by atoms with Crippen LogP contribution in [0.15, 0.2) is 52.7 Å². The first kappa shape index (κ1) is 22.7. The maximum atomic E-state index is 12.2. The highest BCUT2D eigenvalue weighted by molar-refractivity contribution is 7.99. The van der Waals surface area contributed by atoms with Gasteiger partial charge in [0.2, 0.25) is 11.1 Å². The maximum Gasteiger partial charge on any atom is 0.264 e. The van der Waals surface area contributed by atoms with Gasteiger partial charge in [-0.3, -0.25) is 4.79 Å². The minimum absolute atomic E-state index is 0.000593. The number of nitrogens with one attached hydrogen (secondary N) is 2. The van der Waals surface area contributed by atoms with E-state index in [4.69, 9.17) is 15.3 Å². The van der Waals surface area contributed by atoms with Gasteiger partial charge in [0.05, 0.1) is 25.7 Å². The van der Waals surface area contributed by atoms with Gasteiger partial charge in [0, 0.05) is 5.69 Å². The van der Waals surface area contributed by atoms with E-state index < -0.39 is 0 Å². The highest BCUT2D eigenvalue weighted by Crippen LogP contribution is 2.25. The molecule has 12 heteroatoms. The van der Waals surface area contributed by atoms with Gasteiger partial charge in [-0.2, -0.15) is 5.10 Å². The summed E-state index contributed by atoms with van der Waals surface area (Å²) in [6, 6.07) is 11.9. The average molecular weight is 458 g/mol. The first-order valence-corrected chi connectivity index (χ1v) is 10.5. The zero-order chi connectivity index (χ0) is 22.9. The quantitative estimate of drug-likeness (QED) is 0.156. The Morgan fingerprint density at radius 1 is 1.28 bits per heavy atom.